The van der Waals surface area contributed by atoms with Crippen LogP contribution in [0.2, 0.25) is 10.0 Å². The van der Waals surface area contributed by atoms with Crippen LogP contribution in [0, 0.1) is 0 Å². The van der Waals surface area contributed by atoms with Crippen molar-refractivity contribution in [2.75, 3.05) is 7.11 Å². The minimum absolute atomic E-state index is 0.198. The van der Waals surface area contributed by atoms with Gasteiger partial charge < -0.3 is 4.74 Å². The zero-order valence-corrected chi connectivity index (χ0v) is 15.0. The first-order valence-electron chi connectivity index (χ1n) is 7.47. The Morgan fingerprint density at radius 3 is 2.46 bits per heavy atom. The summed E-state index contributed by atoms with van der Waals surface area (Å²) < 4.78 is 5.09. The monoisotopic (exact) mass is 364 g/mol. The van der Waals surface area contributed by atoms with Gasteiger partial charge in [0, 0.05) is 10.6 Å². The number of carbonyl (C=O) groups is 1. The Morgan fingerprint density at radius 1 is 1.17 bits per heavy atom. The average Bonchev–Trinajstić information content (AvgIpc) is 2.57. The second kappa shape index (κ2) is 8.71. The lowest BCUT2D eigenvalue weighted by molar-refractivity contribution is -0.120. The Balaban J connectivity index is 2.04. The maximum atomic E-state index is 12.1. The molecule has 1 amide bonds. The quantitative estimate of drug-likeness (QED) is 0.606. The first kappa shape index (κ1) is 18.3. The number of hydrogen-bond acceptors (Lipinski definition) is 3. The van der Waals surface area contributed by atoms with Gasteiger partial charge in [0.1, 0.15) is 5.75 Å². The fraction of sp³-hybridized carbons (Fsp3) is 0.222. The number of hydrogen-bond donors (Lipinski definition) is 1. The molecule has 6 heteroatoms. The van der Waals surface area contributed by atoms with Crippen molar-refractivity contribution in [3.05, 3.63) is 63.6 Å². The second-order valence-corrected chi connectivity index (χ2v) is 5.94. The predicted molar refractivity (Wildman–Crippen MR) is 98.1 cm³/mol. The highest BCUT2D eigenvalue weighted by atomic mass is 35.5. The lowest BCUT2D eigenvalue weighted by atomic mass is 10.1. The molecule has 0 unspecified atom stereocenters. The average molecular weight is 365 g/mol. The summed E-state index contributed by atoms with van der Waals surface area (Å²) in [7, 11) is 1.60. The number of halogens is 2. The van der Waals surface area contributed by atoms with Gasteiger partial charge in [-0.1, -0.05) is 48.3 Å². The normalized spacial score (nSPS) is 11.2. The van der Waals surface area contributed by atoms with E-state index in [0.717, 1.165) is 16.9 Å². The van der Waals surface area contributed by atoms with Crippen LogP contribution in [0.1, 0.15) is 24.5 Å². The SMILES string of the molecule is CC/C(=N/NC(=O)Cc1ccc(OC)cc1)c1ccc(Cl)cc1Cl. The smallest absolute Gasteiger partial charge is 0.244 e. The highest BCUT2D eigenvalue weighted by molar-refractivity contribution is 6.37. The highest BCUT2D eigenvalue weighted by Gasteiger charge is 2.09. The summed E-state index contributed by atoms with van der Waals surface area (Å²) in [5, 5.41) is 5.26. The highest BCUT2D eigenvalue weighted by Crippen LogP contribution is 2.22. The Hall–Kier alpha value is -2.04. The Kier molecular flexibility index (Phi) is 6.64. The van der Waals surface area contributed by atoms with Crippen LogP contribution in [0.4, 0.5) is 0 Å². The molecule has 24 heavy (non-hydrogen) atoms. The van der Waals surface area contributed by atoms with Gasteiger partial charge in [-0.2, -0.15) is 5.10 Å². The fourth-order valence-electron chi connectivity index (χ4n) is 2.15. The van der Waals surface area contributed by atoms with Gasteiger partial charge in [-0.3, -0.25) is 4.79 Å². The van der Waals surface area contributed by atoms with E-state index in [1.807, 2.05) is 31.2 Å². The number of hydrazone groups is 1. The van der Waals surface area contributed by atoms with Gasteiger partial charge in [0.15, 0.2) is 0 Å². The molecule has 0 fully saturated rings. The van der Waals surface area contributed by atoms with E-state index in [-0.39, 0.29) is 12.3 Å². The molecule has 0 aliphatic rings. The first-order chi connectivity index (χ1) is 11.5. The molecule has 2 rings (SSSR count). The van der Waals surface area contributed by atoms with E-state index >= 15 is 0 Å². The van der Waals surface area contributed by atoms with E-state index in [2.05, 4.69) is 10.5 Å². The molecule has 2 aromatic rings. The van der Waals surface area contributed by atoms with Crippen LogP contribution < -0.4 is 10.2 Å². The van der Waals surface area contributed by atoms with Crippen LogP contribution in [0.15, 0.2) is 47.6 Å². The van der Waals surface area contributed by atoms with Crippen LogP contribution in [0.3, 0.4) is 0 Å². The summed E-state index contributed by atoms with van der Waals surface area (Å²) in [5.41, 5.74) is 4.91. The number of nitrogens with zero attached hydrogens (tertiary/aromatic N) is 1. The molecule has 0 aliphatic heterocycles. The molecule has 0 saturated carbocycles. The summed E-state index contributed by atoms with van der Waals surface area (Å²) in [6, 6.07) is 12.5. The zero-order valence-electron chi connectivity index (χ0n) is 13.5. The zero-order chi connectivity index (χ0) is 17.5. The van der Waals surface area contributed by atoms with E-state index in [0.29, 0.717) is 22.2 Å². The van der Waals surface area contributed by atoms with E-state index < -0.39 is 0 Å². The molecule has 0 aliphatic carbocycles. The van der Waals surface area contributed by atoms with Crippen LogP contribution in [-0.2, 0) is 11.2 Å². The van der Waals surface area contributed by atoms with E-state index in [4.69, 9.17) is 27.9 Å². The number of carbonyl (C=O) groups excluding carboxylic acids is 1. The topological polar surface area (TPSA) is 50.7 Å². The van der Waals surface area contributed by atoms with E-state index in [9.17, 15) is 4.79 Å². The minimum Gasteiger partial charge on any atom is -0.497 e. The molecule has 0 spiro atoms. The summed E-state index contributed by atoms with van der Waals surface area (Å²) in [6.45, 7) is 1.94. The summed E-state index contributed by atoms with van der Waals surface area (Å²) in [4.78, 5) is 12.1. The molecule has 0 heterocycles. The van der Waals surface area contributed by atoms with Crippen molar-refractivity contribution in [1.29, 1.82) is 0 Å². The number of methoxy groups -OCH3 is 1. The van der Waals surface area contributed by atoms with Crippen molar-refractivity contribution in [3.63, 3.8) is 0 Å². The summed E-state index contributed by atoms with van der Waals surface area (Å²) >= 11 is 12.1. The van der Waals surface area contributed by atoms with Gasteiger partial charge in [-0.05, 0) is 36.2 Å². The van der Waals surface area contributed by atoms with Gasteiger partial charge in [0.25, 0.3) is 0 Å². The van der Waals surface area contributed by atoms with Crippen molar-refractivity contribution >= 4 is 34.8 Å². The summed E-state index contributed by atoms with van der Waals surface area (Å²) in [5.74, 6) is 0.555. The summed E-state index contributed by atoms with van der Waals surface area (Å²) in [6.07, 6.45) is 0.864. The maximum Gasteiger partial charge on any atom is 0.244 e. The molecule has 0 atom stereocenters. The minimum atomic E-state index is -0.198. The van der Waals surface area contributed by atoms with Crippen LogP contribution >= 0.6 is 23.2 Å². The molecule has 0 radical (unpaired) electrons. The molecule has 126 valence electrons. The van der Waals surface area contributed by atoms with Crippen molar-refractivity contribution < 1.29 is 9.53 Å². The van der Waals surface area contributed by atoms with Crippen molar-refractivity contribution in [2.24, 2.45) is 5.10 Å². The number of amides is 1. The van der Waals surface area contributed by atoms with Gasteiger partial charge in [-0.15, -0.1) is 0 Å². The van der Waals surface area contributed by atoms with Crippen LogP contribution in [0.5, 0.6) is 5.75 Å². The Bertz CT molecular complexity index is 743. The Labute approximate surface area is 151 Å². The first-order valence-corrected chi connectivity index (χ1v) is 8.22. The van der Waals surface area contributed by atoms with Crippen molar-refractivity contribution in [1.82, 2.24) is 5.43 Å². The molecule has 0 aromatic heterocycles. The lowest BCUT2D eigenvalue weighted by Crippen LogP contribution is -2.21. The Morgan fingerprint density at radius 2 is 1.88 bits per heavy atom. The number of ether oxygens (including phenoxy) is 1. The maximum absolute atomic E-state index is 12.1. The second-order valence-electron chi connectivity index (χ2n) is 5.10. The predicted octanol–water partition coefficient (Wildman–Crippen LogP) is 4.48. The van der Waals surface area contributed by atoms with Crippen LogP contribution in [-0.4, -0.2) is 18.7 Å². The largest absolute Gasteiger partial charge is 0.497 e. The van der Waals surface area contributed by atoms with E-state index in [1.165, 1.54) is 0 Å². The van der Waals surface area contributed by atoms with Gasteiger partial charge in [-0.25, -0.2) is 5.43 Å². The van der Waals surface area contributed by atoms with Crippen molar-refractivity contribution in [2.45, 2.75) is 19.8 Å². The van der Waals surface area contributed by atoms with Gasteiger partial charge >= 0.3 is 0 Å². The lowest BCUT2D eigenvalue weighted by Gasteiger charge is -2.08. The third-order valence-electron chi connectivity index (χ3n) is 3.42. The van der Waals surface area contributed by atoms with Gasteiger partial charge in [0.2, 0.25) is 5.91 Å². The van der Waals surface area contributed by atoms with Gasteiger partial charge in [0.05, 0.1) is 24.3 Å². The number of nitrogens with one attached hydrogen (secondary N) is 1. The molecular weight excluding hydrogens is 347 g/mol. The molecule has 2 aromatic carbocycles. The molecular formula is C18H18Cl2N2O2. The third-order valence-corrected chi connectivity index (χ3v) is 3.96. The molecule has 0 bridgehead atoms. The number of rotatable bonds is 6. The standard InChI is InChI=1S/C18H18Cl2N2O2/c1-3-17(15-9-6-13(19)11-16(15)20)21-22-18(23)10-12-4-7-14(24-2)8-5-12/h4-9,11H,3,10H2,1-2H3,(H,22,23)/b21-17-. The van der Waals surface area contributed by atoms with E-state index in [1.54, 1.807) is 25.3 Å². The third kappa shape index (κ3) is 4.98. The molecule has 1 N–H and O–H groups in total. The van der Waals surface area contributed by atoms with Crippen molar-refractivity contribution in [3.8, 4) is 5.75 Å². The van der Waals surface area contributed by atoms with Crippen LogP contribution in [0.25, 0.3) is 0 Å². The number of benzene rings is 2. The fourth-order valence-corrected chi connectivity index (χ4v) is 2.67. The molecule has 0 saturated heterocycles. The molecule has 4 nitrogen and oxygen atoms in total.